The van der Waals surface area contributed by atoms with Gasteiger partial charge in [0.2, 0.25) is 0 Å². The Morgan fingerprint density at radius 1 is 1.29 bits per heavy atom. The van der Waals surface area contributed by atoms with Crippen LogP contribution < -0.4 is 0 Å². The topological polar surface area (TPSA) is 56.5 Å². The van der Waals surface area contributed by atoms with Crippen LogP contribution in [0.25, 0.3) is 16.9 Å². The summed E-state index contributed by atoms with van der Waals surface area (Å²) in [5, 5.41) is 0. The zero-order valence-corrected chi connectivity index (χ0v) is 11.9. The molecule has 21 heavy (non-hydrogen) atoms. The first-order chi connectivity index (χ1) is 10.2. The fourth-order valence-electron chi connectivity index (χ4n) is 2.22. The molecule has 0 atom stereocenters. The molecule has 3 rings (SSSR count). The van der Waals surface area contributed by atoms with Gasteiger partial charge < -0.3 is 4.74 Å². The number of hydrogen-bond donors (Lipinski definition) is 0. The Hall–Kier alpha value is -2.69. The fourth-order valence-corrected chi connectivity index (χ4v) is 2.22. The third kappa shape index (κ3) is 2.38. The molecule has 5 heteroatoms. The lowest BCUT2D eigenvalue weighted by atomic mass is 10.1. The van der Waals surface area contributed by atoms with E-state index in [4.69, 9.17) is 4.74 Å². The molecule has 5 nitrogen and oxygen atoms in total. The van der Waals surface area contributed by atoms with Crippen molar-refractivity contribution < 1.29 is 9.53 Å². The van der Waals surface area contributed by atoms with Crippen LogP contribution in [0, 0.1) is 6.92 Å². The van der Waals surface area contributed by atoms with E-state index in [1.165, 1.54) is 0 Å². The molecule has 0 N–H and O–H groups in total. The normalized spacial score (nSPS) is 10.8. The van der Waals surface area contributed by atoms with Gasteiger partial charge in [-0.25, -0.2) is 14.8 Å². The number of benzene rings is 1. The third-order valence-electron chi connectivity index (χ3n) is 3.23. The SMILES string of the molecule is CCOC(=O)c1ncn2c(C)cc(-c3ccccc3)nc12. The maximum Gasteiger partial charge on any atom is 0.360 e. The van der Waals surface area contributed by atoms with Crippen LogP contribution in [-0.2, 0) is 4.74 Å². The van der Waals surface area contributed by atoms with E-state index in [-0.39, 0.29) is 5.69 Å². The van der Waals surface area contributed by atoms with Crippen molar-refractivity contribution in [1.82, 2.24) is 14.4 Å². The van der Waals surface area contributed by atoms with Crippen LogP contribution in [0.15, 0.2) is 42.7 Å². The van der Waals surface area contributed by atoms with Crippen LogP contribution in [0.3, 0.4) is 0 Å². The quantitative estimate of drug-likeness (QED) is 0.693. The molecule has 0 spiro atoms. The standard InChI is InChI=1S/C16H15N3O2/c1-3-21-16(20)14-15-18-13(12-7-5-4-6-8-12)9-11(2)19(15)10-17-14/h4-10H,3H2,1-2H3. The molecule has 1 aromatic carbocycles. The molecule has 0 saturated heterocycles. The number of aryl methyl sites for hydroxylation is 1. The molecule has 0 radical (unpaired) electrons. The average molecular weight is 281 g/mol. The molecule has 106 valence electrons. The fraction of sp³-hybridized carbons (Fsp3) is 0.188. The van der Waals surface area contributed by atoms with E-state index in [0.29, 0.717) is 12.3 Å². The lowest BCUT2D eigenvalue weighted by Gasteiger charge is -2.06. The Morgan fingerprint density at radius 3 is 2.76 bits per heavy atom. The van der Waals surface area contributed by atoms with Gasteiger partial charge in [-0.15, -0.1) is 0 Å². The van der Waals surface area contributed by atoms with Crippen molar-refractivity contribution in [2.45, 2.75) is 13.8 Å². The molecule has 2 heterocycles. The Morgan fingerprint density at radius 2 is 2.05 bits per heavy atom. The molecule has 0 fully saturated rings. The van der Waals surface area contributed by atoms with Gasteiger partial charge in [-0.1, -0.05) is 30.3 Å². The van der Waals surface area contributed by atoms with Gasteiger partial charge in [0.05, 0.1) is 12.3 Å². The zero-order chi connectivity index (χ0) is 14.8. The zero-order valence-electron chi connectivity index (χ0n) is 11.9. The van der Waals surface area contributed by atoms with Gasteiger partial charge in [-0.2, -0.15) is 0 Å². The lowest BCUT2D eigenvalue weighted by Crippen LogP contribution is -2.07. The Labute approximate surface area is 122 Å². The van der Waals surface area contributed by atoms with Gasteiger partial charge in [0.1, 0.15) is 6.33 Å². The molecule has 0 bridgehead atoms. The first kappa shape index (κ1) is 13.3. The molecule has 3 aromatic rings. The largest absolute Gasteiger partial charge is 0.461 e. The maximum atomic E-state index is 11.9. The predicted octanol–water partition coefficient (Wildman–Crippen LogP) is 2.88. The lowest BCUT2D eigenvalue weighted by molar-refractivity contribution is 0.0522. The Kier molecular flexibility index (Phi) is 3.39. The smallest absolute Gasteiger partial charge is 0.360 e. The Balaban J connectivity index is 2.17. The molecule has 0 saturated carbocycles. The second-order valence-corrected chi connectivity index (χ2v) is 4.66. The molecule has 0 unspecified atom stereocenters. The number of nitrogens with zero attached hydrogens (tertiary/aromatic N) is 3. The number of ether oxygens (including phenoxy) is 1. The number of hydrogen-bond acceptors (Lipinski definition) is 4. The second-order valence-electron chi connectivity index (χ2n) is 4.66. The van der Waals surface area contributed by atoms with Gasteiger partial charge in [-0.05, 0) is 19.9 Å². The van der Waals surface area contributed by atoms with Crippen molar-refractivity contribution in [3.63, 3.8) is 0 Å². The highest BCUT2D eigenvalue weighted by Crippen LogP contribution is 2.21. The minimum atomic E-state index is -0.447. The van der Waals surface area contributed by atoms with Crippen molar-refractivity contribution in [3.05, 3.63) is 54.1 Å². The van der Waals surface area contributed by atoms with Gasteiger partial charge in [0, 0.05) is 11.3 Å². The summed E-state index contributed by atoms with van der Waals surface area (Å²) in [6.45, 7) is 4.04. The summed E-state index contributed by atoms with van der Waals surface area (Å²) in [4.78, 5) is 20.6. The highest BCUT2D eigenvalue weighted by Gasteiger charge is 2.17. The van der Waals surface area contributed by atoms with Gasteiger partial charge >= 0.3 is 5.97 Å². The first-order valence-electron chi connectivity index (χ1n) is 6.78. The summed E-state index contributed by atoms with van der Waals surface area (Å²) in [6, 6.07) is 11.8. The monoisotopic (exact) mass is 281 g/mol. The van der Waals surface area contributed by atoms with Crippen molar-refractivity contribution in [3.8, 4) is 11.3 Å². The van der Waals surface area contributed by atoms with Crippen LogP contribution in [-0.4, -0.2) is 26.9 Å². The molecule has 0 amide bonds. The van der Waals surface area contributed by atoms with Gasteiger partial charge in [-0.3, -0.25) is 4.40 Å². The number of rotatable bonds is 3. The summed E-state index contributed by atoms with van der Waals surface area (Å²) in [5.41, 5.74) is 3.54. The number of esters is 1. The van der Waals surface area contributed by atoms with Crippen LogP contribution in [0.1, 0.15) is 23.1 Å². The molecule has 0 aliphatic carbocycles. The summed E-state index contributed by atoms with van der Waals surface area (Å²) >= 11 is 0. The van der Waals surface area contributed by atoms with E-state index in [0.717, 1.165) is 17.0 Å². The van der Waals surface area contributed by atoms with E-state index in [1.807, 2.05) is 43.3 Å². The van der Waals surface area contributed by atoms with E-state index >= 15 is 0 Å². The molecule has 0 aliphatic heterocycles. The highest BCUT2D eigenvalue weighted by atomic mass is 16.5. The highest BCUT2D eigenvalue weighted by molar-refractivity contribution is 5.94. The average Bonchev–Trinajstić information content (AvgIpc) is 2.93. The van der Waals surface area contributed by atoms with Crippen LogP contribution in [0.5, 0.6) is 0 Å². The number of carbonyl (C=O) groups is 1. The molecular weight excluding hydrogens is 266 g/mol. The van der Waals surface area contributed by atoms with Gasteiger partial charge in [0.15, 0.2) is 11.3 Å². The van der Waals surface area contributed by atoms with Crippen LogP contribution >= 0.6 is 0 Å². The van der Waals surface area contributed by atoms with Crippen LogP contribution in [0.4, 0.5) is 0 Å². The second kappa shape index (κ2) is 5.36. The van der Waals surface area contributed by atoms with Crippen molar-refractivity contribution in [2.75, 3.05) is 6.61 Å². The number of imidazole rings is 1. The van der Waals surface area contributed by atoms with Gasteiger partial charge in [0.25, 0.3) is 0 Å². The van der Waals surface area contributed by atoms with E-state index < -0.39 is 5.97 Å². The summed E-state index contributed by atoms with van der Waals surface area (Å²) in [5.74, 6) is -0.447. The molecule has 0 aliphatic rings. The van der Waals surface area contributed by atoms with Crippen LogP contribution in [0.2, 0.25) is 0 Å². The summed E-state index contributed by atoms with van der Waals surface area (Å²) < 4.78 is 6.82. The minimum Gasteiger partial charge on any atom is -0.461 e. The van der Waals surface area contributed by atoms with Crippen molar-refractivity contribution in [1.29, 1.82) is 0 Å². The molecular formula is C16H15N3O2. The third-order valence-corrected chi connectivity index (χ3v) is 3.23. The van der Waals surface area contributed by atoms with E-state index in [9.17, 15) is 4.79 Å². The predicted molar refractivity (Wildman–Crippen MR) is 79.1 cm³/mol. The summed E-state index contributed by atoms with van der Waals surface area (Å²) in [7, 11) is 0. The number of fused-ring (bicyclic) bond motifs is 1. The van der Waals surface area contributed by atoms with E-state index in [1.54, 1.807) is 17.7 Å². The minimum absolute atomic E-state index is 0.248. The van der Waals surface area contributed by atoms with Crippen molar-refractivity contribution in [2.24, 2.45) is 0 Å². The summed E-state index contributed by atoms with van der Waals surface area (Å²) in [6.07, 6.45) is 1.60. The van der Waals surface area contributed by atoms with Crippen molar-refractivity contribution >= 4 is 11.6 Å². The number of carbonyl (C=O) groups excluding carboxylic acids is 1. The maximum absolute atomic E-state index is 11.9. The van der Waals surface area contributed by atoms with E-state index in [2.05, 4.69) is 9.97 Å². The first-order valence-corrected chi connectivity index (χ1v) is 6.78. The Bertz CT molecular complexity index is 794. The molecule has 2 aromatic heterocycles. The number of aromatic nitrogens is 3.